The van der Waals surface area contributed by atoms with Gasteiger partial charge in [0.15, 0.2) is 10.7 Å². The van der Waals surface area contributed by atoms with E-state index in [-0.39, 0.29) is 12.2 Å². The van der Waals surface area contributed by atoms with Crippen molar-refractivity contribution in [1.29, 1.82) is 0 Å². The lowest BCUT2D eigenvalue weighted by Crippen LogP contribution is -2.39. The summed E-state index contributed by atoms with van der Waals surface area (Å²) in [7, 11) is 3.77. The second-order valence-electron chi connectivity index (χ2n) is 8.41. The highest BCUT2D eigenvalue weighted by atomic mass is 32.1. The van der Waals surface area contributed by atoms with Gasteiger partial charge in [-0.15, -0.1) is 0 Å². The molecule has 1 aliphatic rings. The first kappa shape index (κ1) is 23.6. The van der Waals surface area contributed by atoms with Crippen molar-refractivity contribution < 1.29 is 13.9 Å². The number of fused-ring (bicyclic) bond motifs is 1. The monoisotopic (exact) mass is 499 g/mol. The Kier molecular flexibility index (Phi) is 6.43. The van der Waals surface area contributed by atoms with Crippen molar-refractivity contribution in [1.82, 2.24) is 4.57 Å². The molecule has 0 radical (unpaired) electrons. The van der Waals surface area contributed by atoms with Crippen LogP contribution in [0.15, 0.2) is 92.6 Å². The van der Waals surface area contributed by atoms with E-state index in [1.165, 1.54) is 11.3 Å². The van der Waals surface area contributed by atoms with Crippen molar-refractivity contribution in [2.24, 2.45) is 4.99 Å². The third-order valence-electron chi connectivity index (χ3n) is 5.82. The van der Waals surface area contributed by atoms with Crippen molar-refractivity contribution in [3.63, 3.8) is 0 Å². The molecular weight excluding hydrogens is 474 g/mol. The van der Waals surface area contributed by atoms with Crippen LogP contribution in [0.3, 0.4) is 0 Å². The van der Waals surface area contributed by atoms with Crippen LogP contribution in [-0.2, 0) is 9.53 Å². The fourth-order valence-corrected chi connectivity index (χ4v) is 5.16. The molecule has 0 spiro atoms. The normalized spacial score (nSPS) is 15.4. The minimum absolute atomic E-state index is 0.211. The first-order valence-electron chi connectivity index (χ1n) is 11.6. The summed E-state index contributed by atoms with van der Waals surface area (Å²) in [6, 6.07) is 22.0. The highest BCUT2D eigenvalue weighted by Crippen LogP contribution is 2.35. The van der Waals surface area contributed by atoms with Gasteiger partial charge in [0.25, 0.3) is 5.56 Å². The molecule has 0 N–H and O–H groups in total. The lowest BCUT2D eigenvalue weighted by atomic mass is 9.93. The Bertz CT molecular complexity index is 1610. The number of anilines is 1. The summed E-state index contributed by atoms with van der Waals surface area (Å²) in [5, 5.41) is 0. The van der Waals surface area contributed by atoms with E-state index < -0.39 is 12.0 Å². The maximum Gasteiger partial charge on any atom is 0.338 e. The zero-order chi connectivity index (χ0) is 25.2. The number of hydrogen-bond acceptors (Lipinski definition) is 7. The molecule has 2 aromatic heterocycles. The molecule has 0 saturated heterocycles. The first-order chi connectivity index (χ1) is 17.5. The van der Waals surface area contributed by atoms with Gasteiger partial charge in [-0.2, -0.15) is 0 Å². The summed E-state index contributed by atoms with van der Waals surface area (Å²) in [6.45, 7) is 1.97. The van der Waals surface area contributed by atoms with Gasteiger partial charge in [0.2, 0.25) is 0 Å². The molecule has 1 aliphatic heterocycles. The van der Waals surface area contributed by atoms with Gasteiger partial charge in [0, 0.05) is 31.8 Å². The van der Waals surface area contributed by atoms with E-state index in [2.05, 4.69) is 0 Å². The number of ether oxygens (including phenoxy) is 1. The average Bonchev–Trinajstić information content (AvgIpc) is 3.49. The molecule has 0 fully saturated rings. The standard InChI is InChI=1S/C28H25N3O4S/c1-4-34-27(33)23-24(18-11-7-5-8-12-18)29-28-31(25(23)19-13-9-6-10-14-19)26(32)21(36-28)17-20-15-16-22(35-20)30(2)3/h5-17,25H,4H2,1-3H3/b21-17-/t25-/m0/s1. The molecule has 0 aliphatic carbocycles. The Morgan fingerprint density at radius 2 is 1.78 bits per heavy atom. The molecule has 36 heavy (non-hydrogen) atoms. The number of rotatable bonds is 6. The Balaban J connectivity index is 1.79. The number of aromatic nitrogens is 1. The van der Waals surface area contributed by atoms with Crippen LogP contribution in [0.4, 0.5) is 5.88 Å². The van der Waals surface area contributed by atoms with E-state index in [1.54, 1.807) is 17.6 Å². The molecule has 8 heteroatoms. The molecule has 0 unspecified atom stereocenters. The number of benzene rings is 2. The van der Waals surface area contributed by atoms with Gasteiger partial charge < -0.3 is 14.1 Å². The molecule has 0 saturated carbocycles. The van der Waals surface area contributed by atoms with Crippen molar-refractivity contribution >= 4 is 35.0 Å². The second kappa shape index (κ2) is 9.83. The van der Waals surface area contributed by atoms with Gasteiger partial charge in [-0.05, 0) is 18.6 Å². The molecule has 182 valence electrons. The molecule has 4 aromatic rings. The van der Waals surface area contributed by atoms with E-state index in [9.17, 15) is 9.59 Å². The summed E-state index contributed by atoms with van der Waals surface area (Å²) in [5.41, 5.74) is 2.17. The van der Waals surface area contributed by atoms with Crippen molar-refractivity contribution in [2.45, 2.75) is 13.0 Å². The summed E-state index contributed by atoms with van der Waals surface area (Å²) < 4.78 is 13.4. The summed E-state index contributed by atoms with van der Waals surface area (Å²) >= 11 is 1.27. The van der Waals surface area contributed by atoms with Crippen LogP contribution in [0.5, 0.6) is 0 Å². The zero-order valence-corrected chi connectivity index (χ0v) is 21.0. The maximum absolute atomic E-state index is 13.8. The predicted molar refractivity (Wildman–Crippen MR) is 141 cm³/mol. The Morgan fingerprint density at radius 3 is 2.42 bits per heavy atom. The van der Waals surface area contributed by atoms with E-state index in [4.69, 9.17) is 14.1 Å². The van der Waals surface area contributed by atoms with Crippen LogP contribution >= 0.6 is 11.3 Å². The first-order valence-corrected chi connectivity index (χ1v) is 12.4. The topological polar surface area (TPSA) is 77.0 Å². The molecule has 3 heterocycles. The zero-order valence-electron chi connectivity index (χ0n) is 20.2. The van der Waals surface area contributed by atoms with Crippen LogP contribution in [0, 0.1) is 0 Å². The highest BCUT2D eigenvalue weighted by molar-refractivity contribution is 7.07. The number of thiazole rings is 1. The summed E-state index contributed by atoms with van der Waals surface area (Å²) in [5.74, 6) is 0.755. The maximum atomic E-state index is 13.8. The van der Waals surface area contributed by atoms with Crippen molar-refractivity contribution in [2.75, 3.05) is 25.6 Å². The third kappa shape index (κ3) is 4.31. The molecule has 7 nitrogen and oxygen atoms in total. The van der Waals surface area contributed by atoms with Crippen LogP contribution in [0.2, 0.25) is 0 Å². The van der Waals surface area contributed by atoms with E-state index in [1.807, 2.05) is 91.8 Å². The largest absolute Gasteiger partial charge is 0.463 e. The summed E-state index contributed by atoms with van der Waals surface area (Å²) in [6.07, 6.45) is 1.72. The van der Waals surface area contributed by atoms with E-state index in [0.717, 1.165) is 11.1 Å². The van der Waals surface area contributed by atoms with Gasteiger partial charge >= 0.3 is 5.97 Å². The lowest BCUT2D eigenvalue weighted by Gasteiger charge is -2.25. The van der Waals surface area contributed by atoms with Gasteiger partial charge in [-0.25, -0.2) is 9.79 Å². The number of esters is 1. The number of carbonyl (C=O) groups is 1. The predicted octanol–water partition coefficient (Wildman–Crippen LogP) is 3.59. The SMILES string of the molecule is CCOC(=O)C1=C(c2ccccc2)N=c2s/c(=C\c3ccc(N(C)C)o3)c(=O)n2[C@H]1c1ccccc1. The third-order valence-corrected chi connectivity index (χ3v) is 6.80. The quantitative estimate of drug-likeness (QED) is 0.379. The molecule has 1 atom stereocenters. The molecule has 0 amide bonds. The van der Waals surface area contributed by atoms with Crippen LogP contribution in [0.1, 0.15) is 29.9 Å². The van der Waals surface area contributed by atoms with E-state index >= 15 is 0 Å². The Morgan fingerprint density at radius 1 is 1.08 bits per heavy atom. The van der Waals surface area contributed by atoms with Gasteiger partial charge in [0.05, 0.1) is 28.5 Å². The van der Waals surface area contributed by atoms with Gasteiger partial charge in [-0.1, -0.05) is 72.0 Å². The number of furan rings is 1. The summed E-state index contributed by atoms with van der Waals surface area (Å²) in [4.78, 5) is 34.3. The van der Waals surface area contributed by atoms with E-state index in [0.29, 0.717) is 32.2 Å². The Hall–Kier alpha value is -4.17. The van der Waals surface area contributed by atoms with Crippen LogP contribution in [0.25, 0.3) is 11.8 Å². The van der Waals surface area contributed by atoms with Crippen molar-refractivity contribution in [3.05, 3.63) is 115 Å². The molecular formula is C28H25N3O4S. The average molecular weight is 500 g/mol. The highest BCUT2D eigenvalue weighted by Gasteiger charge is 2.35. The number of nitrogens with zero attached hydrogens (tertiary/aromatic N) is 3. The Labute approximate surface area is 211 Å². The molecule has 0 bridgehead atoms. The smallest absolute Gasteiger partial charge is 0.338 e. The second-order valence-corrected chi connectivity index (χ2v) is 9.42. The lowest BCUT2D eigenvalue weighted by molar-refractivity contribution is -0.138. The van der Waals surface area contributed by atoms with Crippen molar-refractivity contribution in [3.8, 4) is 0 Å². The number of carbonyl (C=O) groups excluding carboxylic acids is 1. The van der Waals surface area contributed by atoms with Crippen LogP contribution in [-0.4, -0.2) is 31.2 Å². The molecule has 2 aromatic carbocycles. The fourth-order valence-electron chi connectivity index (χ4n) is 4.18. The minimum Gasteiger partial charge on any atom is -0.463 e. The fraction of sp³-hybridized carbons (Fsp3) is 0.179. The van der Waals surface area contributed by atoms with Gasteiger partial charge in [0.1, 0.15) is 5.76 Å². The minimum atomic E-state index is -0.687. The number of hydrogen-bond donors (Lipinski definition) is 0. The molecule has 5 rings (SSSR count). The van der Waals surface area contributed by atoms with Crippen LogP contribution < -0.4 is 19.8 Å². The van der Waals surface area contributed by atoms with Gasteiger partial charge in [-0.3, -0.25) is 9.36 Å².